The van der Waals surface area contributed by atoms with Crippen LogP contribution in [0.15, 0.2) is 6.33 Å². The number of nitrogens with zero attached hydrogens (tertiary/aromatic N) is 7. The summed E-state index contributed by atoms with van der Waals surface area (Å²) in [5, 5.41) is 3.42. The molecule has 10 nitrogen and oxygen atoms in total. The molecule has 0 aliphatic carbocycles. The van der Waals surface area contributed by atoms with Crippen LogP contribution in [0, 0.1) is 5.92 Å². The van der Waals surface area contributed by atoms with Gasteiger partial charge in [-0.05, 0) is 53.4 Å². The second-order valence-electron chi connectivity index (χ2n) is 9.83. The molecule has 1 atom stereocenters. The third kappa shape index (κ3) is 5.36. The first-order chi connectivity index (χ1) is 16.9. The Balaban J connectivity index is 1.52. The molecule has 1 unspecified atom stereocenters. The number of aromatic nitrogens is 4. The van der Waals surface area contributed by atoms with Crippen molar-refractivity contribution in [2.75, 3.05) is 56.0 Å². The lowest BCUT2D eigenvalue weighted by molar-refractivity contribution is -0.135. The number of likely N-dealkylation sites (tertiary alicyclic amines) is 1. The van der Waals surface area contributed by atoms with Gasteiger partial charge >= 0.3 is 0 Å². The molecule has 1 N–H and O–H groups in total. The molecule has 2 aromatic rings. The van der Waals surface area contributed by atoms with E-state index in [-0.39, 0.29) is 23.8 Å². The molecule has 2 amide bonds. The lowest BCUT2D eigenvalue weighted by Crippen LogP contribution is -2.45. The zero-order valence-electron chi connectivity index (χ0n) is 21.7. The van der Waals surface area contributed by atoms with Crippen molar-refractivity contribution in [2.24, 2.45) is 5.92 Å². The predicted octanol–water partition coefficient (Wildman–Crippen LogP) is 2.92. The summed E-state index contributed by atoms with van der Waals surface area (Å²) in [5.74, 6) is 2.06. The van der Waals surface area contributed by atoms with E-state index in [0.717, 1.165) is 81.3 Å². The Morgan fingerprint density at radius 1 is 1.20 bits per heavy atom. The highest BCUT2D eigenvalue weighted by Crippen LogP contribution is 2.31. The first-order valence-electron chi connectivity index (χ1n) is 13.2. The first-order valence-corrected chi connectivity index (χ1v) is 13.2. The van der Waals surface area contributed by atoms with Crippen LogP contribution in [-0.2, 0) is 9.59 Å². The van der Waals surface area contributed by atoms with Crippen LogP contribution in [0.4, 0.5) is 11.8 Å². The van der Waals surface area contributed by atoms with Crippen molar-refractivity contribution >= 4 is 34.7 Å². The number of nitrogens with one attached hydrogen (secondary N) is 1. The van der Waals surface area contributed by atoms with Crippen molar-refractivity contribution in [1.82, 2.24) is 29.3 Å². The summed E-state index contributed by atoms with van der Waals surface area (Å²) in [6, 6.07) is 0.165. The van der Waals surface area contributed by atoms with Gasteiger partial charge in [0.25, 0.3) is 0 Å². The zero-order valence-corrected chi connectivity index (χ0v) is 21.7. The minimum atomic E-state index is -0.0129. The van der Waals surface area contributed by atoms with E-state index in [4.69, 9.17) is 4.98 Å². The highest BCUT2D eigenvalue weighted by atomic mass is 16.2. The fraction of sp³-hybridized carbons (Fsp3) is 0.720. The molecule has 0 spiro atoms. The molecule has 2 aliphatic heterocycles. The number of hydrogen-bond acceptors (Lipinski definition) is 7. The molecular weight excluding hydrogens is 444 g/mol. The molecule has 4 heterocycles. The van der Waals surface area contributed by atoms with E-state index < -0.39 is 0 Å². The fourth-order valence-electron chi connectivity index (χ4n) is 5.30. The van der Waals surface area contributed by atoms with Crippen LogP contribution >= 0.6 is 0 Å². The predicted molar refractivity (Wildman–Crippen MR) is 137 cm³/mol. The van der Waals surface area contributed by atoms with Crippen LogP contribution in [0.2, 0.25) is 0 Å². The van der Waals surface area contributed by atoms with Crippen molar-refractivity contribution in [1.29, 1.82) is 0 Å². The van der Waals surface area contributed by atoms with Crippen LogP contribution < -0.4 is 10.2 Å². The van der Waals surface area contributed by atoms with Gasteiger partial charge in [0.1, 0.15) is 6.33 Å². The van der Waals surface area contributed by atoms with Crippen LogP contribution in [0.5, 0.6) is 0 Å². The Bertz CT molecular complexity index is 1030. The van der Waals surface area contributed by atoms with Crippen LogP contribution in [0.1, 0.15) is 65.8 Å². The normalized spacial score (nSPS) is 18.7. The second-order valence-corrected chi connectivity index (χ2v) is 9.83. The summed E-state index contributed by atoms with van der Waals surface area (Å²) in [6.07, 6.45) is 5.96. The van der Waals surface area contributed by atoms with Crippen molar-refractivity contribution in [2.45, 2.75) is 65.8 Å². The maximum Gasteiger partial charge on any atom is 0.227 e. The minimum Gasteiger partial charge on any atom is -0.368 e. The Hall–Kier alpha value is -2.91. The standard InChI is InChI=1S/C25H40N8O2/c1-5-30(6-2)24(35)19-10-7-14-32(16-19)25-29-21-22(27-17-28-23(21)33(25)18(3)4)26-12-9-15-31-13-8-11-20(31)34/h17-19H,5-16H2,1-4H3,(H,26,27,28). The number of anilines is 2. The van der Waals surface area contributed by atoms with E-state index in [1.807, 2.05) is 23.6 Å². The van der Waals surface area contributed by atoms with Crippen molar-refractivity contribution in [3.8, 4) is 0 Å². The van der Waals surface area contributed by atoms with E-state index in [2.05, 4.69) is 38.6 Å². The van der Waals surface area contributed by atoms with Crippen LogP contribution in [0.25, 0.3) is 11.2 Å². The smallest absolute Gasteiger partial charge is 0.227 e. The number of carbonyl (C=O) groups is 2. The maximum absolute atomic E-state index is 13.1. The van der Waals surface area contributed by atoms with E-state index in [9.17, 15) is 9.59 Å². The molecule has 4 rings (SSSR count). The maximum atomic E-state index is 13.1. The number of hydrogen-bond donors (Lipinski definition) is 1. The van der Waals surface area contributed by atoms with Gasteiger partial charge in [0, 0.05) is 58.3 Å². The number of imidazole rings is 1. The molecule has 35 heavy (non-hydrogen) atoms. The summed E-state index contributed by atoms with van der Waals surface area (Å²) < 4.78 is 2.16. The molecule has 2 aliphatic rings. The van der Waals surface area contributed by atoms with Gasteiger partial charge < -0.3 is 20.0 Å². The van der Waals surface area contributed by atoms with Crippen LogP contribution in [0.3, 0.4) is 0 Å². The molecule has 0 radical (unpaired) electrons. The number of amides is 2. The van der Waals surface area contributed by atoms with Gasteiger partial charge in [0.2, 0.25) is 17.8 Å². The van der Waals surface area contributed by atoms with E-state index in [1.54, 1.807) is 6.33 Å². The lowest BCUT2D eigenvalue weighted by Gasteiger charge is -2.35. The van der Waals surface area contributed by atoms with Gasteiger partial charge in [-0.2, -0.15) is 0 Å². The zero-order chi connectivity index (χ0) is 24.9. The molecule has 0 bridgehead atoms. The SMILES string of the molecule is CCN(CC)C(=O)C1CCCN(c2nc3c(NCCCN4CCCC4=O)ncnc3n2C(C)C)C1. The molecule has 2 saturated heterocycles. The first kappa shape index (κ1) is 25.2. The van der Waals surface area contributed by atoms with Crippen molar-refractivity contribution in [3.63, 3.8) is 0 Å². The van der Waals surface area contributed by atoms with E-state index in [1.165, 1.54) is 0 Å². The molecule has 0 saturated carbocycles. The summed E-state index contributed by atoms with van der Waals surface area (Å²) >= 11 is 0. The average molecular weight is 485 g/mol. The van der Waals surface area contributed by atoms with Gasteiger partial charge in [-0.3, -0.25) is 14.2 Å². The Morgan fingerprint density at radius 3 is 2.69 bits per heavy atom. The van der Waals surface area contributed by atoms with Gasteiger partial charge in [-0.1, -0.05) is 0 Å². The Morgan fingerprint density at radius 2 is 2.00 bits per heavy atom. The van der Waals surface area contributed by atoms with E-state index >= 15 is 0 Å². The molecule has 192 valence electrons. The molecule has 10 heteroatoms. The monoisotopic (exact) mass is 484 g/mol. The van der Waals surface area contributed by atoms with Crippen molar-refractivity contribution in [3.05, 3.63) is 6.33 Å². The highest BCUT2D eigenvalue weighted by molar-refractivity contribution is 5.86. The largest absolute Gasteiger partial charge is 0.368 e. The third-order valence-corrected chi connectivity index (χ3v) is 7.17. The molecular formula is C25H40N8O2. The Kier molecular flexibility index (Phi) is 8.07. The van der Waals surface area contributed by atoms with Gasteiger partial charge in [0.05, 0.1) is 5.92 Å². The van der Waals surface area contributed by atoms with Crippen molar-refractivity contribution < 1.29 is 9.59 Å². The second kappa shape index (κ2) is 11.2. The van der Waals surface area contributed by atoms with Crippen LogP contribution in [-0.4, -0.2) is 86.9 Å². The summed E-state index contributed by atoms with van der Waals surface area (Å²) in [7, 11) is 0. The molecule has 0 aromatic carbocycles. The summed E-state index contributed by atoms with van der Waals surface area (Å²) in [6.45, 7) is 13.7. The third-order valence-electron chi connectivity index (χ3n) is 7.17. The number of rotatable bonds is 10. The fourth-order valence-corrected chi connectivity index (χ4v) is 5.30. The molecule has 2 fully saturated rings. The summed E-state index contributed by atoms with van der Waals surface area (Å²) in [5.41, 5.74) is 1.56. The summed E-state index contributed by atoms with van der Waals surface area (Å²) in [4.78, 5) is 45.1. The van der Waals surface area contributed by atoms with Gasteiger partial charge in [-0.25, -0.2) is 15.0 Å². The topological polar surface area (TPSA) is 99.5 Å². The number of carbonyl (C=O) groups excluding carboxylic acids is 2. The number of fused-ring (bicyclic) bond motifs is 1. The average Bonchev–Trinajstić information content (AvgIpc) is 3.46. The quantitative estimate of drug-likeness (QED) is 0.518. The van der Waals surface area contributed by atoms with Gasteiger partial charge in [0.15, 0.2) is 17.0 Å². The highest BCUT2D eigenvalue weighted by Gasteiger charge is 2.31. The Labute approximate surface area is 208 Å². The van der Waals surface area contributed by atoms with Gasteiger partial charge in [-0.15, -0.1) is 0 Å². The molecule has 2 aromatic heterocycles. The van der Waals surface area contributed by atoms with E-state index in [0.29, 0.717) is 19.5 Å². The lowest BCUT2D eigenvalue weighted by atomic mass is 9.96. The minimum absolute atomic E-state index is 0.0129. The number of piperidine rings is 1.